The second-order valence-electron chi connectivity index (χ2n) is 4.08. The quantitative estimate of drug-likeness (QED) is 0.668. The highest BCUT2D eigenvalue weighted by Crippen LogP contribution is 2.28. The number of fused-ring (bicyclic) bond motifs is 1. The molecule has 0 atom stereocenters. The van der Waals surface area contributed by atoms with Crippen LogP contribution in [0.5, 0.6) is 0 Å². The monoisotopic (exact) mass is 323 g/mol. The van der Waals surface area contributed by atoms with Crippen molar-refractivity contribution in [2.45, 2.75) is 0 Å². The molecule has 0 saturated carbocycles. The lowest BCUT2D eigenvalue weighted by molar-refractivity contribution is 0.515. The molecule has 19 heavy (non-hydrogen) atoms. The highest BCUT2D eigenvalue weighted by atomic mass is 79.9. The molecule has 0 bridgehead atoms. The maximum Gasteiger partial charge on any atom is 0.186 e. The number of rotatable bonds is 1. The minimum atomic E-state index is -0.954. The molecule has 0 radical (unpaired) electrons. The van der Waals surface area contributed by atoms with Crippen LogP contribution in [0.1, 0.15) is 0 Å². The summed E-state index contributed by atoms with van der Waals surface area (Å²) in [6, 6.07) is 7.78. The third kappa shape index (κ3) is 1.98. The van der Waals surface area contributed by atoms with Gasteiger partial charge >= 0.3 is 0 Å². The van der Waals surface area contributed by atoms with Crippen molar-refractivity contribution >= 4 is 32.7 Å². The highest BCUT2D eigenvalue weighted by molar-refractivity contribution is 9.10. The van der Waals surface area contributed by atoms with Crippen molar-refractivity contribution in [2.24, 2.45) is 0 Å². The number of nitrogen functional groups attached to an aromatic ring is 1. The fraction of sp³-hybridized carbons (Fsp3) is 0. The molecule has 0 fully saturated rings. The minimum absolute atomic E-state index is 0.0171. The molecule has 96 valence electrons. The lowest BCUT2D eigenvalue weighted by atomic mass is 10.2. The Labute approximate surface area is 115 Å². The number of anilines is 1. The lowest BCUT2D eigenvalue weighted by Gasteiger charge is -2.00. The van der Waals surface area contributed by atoms with E-state index in [4.69, 9.17) is 5.73 Å². The average molecular weight is 324 g/mol. The molecule has 6 heteroatoms. The van der Waals surface area contributed by atoms with Gasteiger partial charge in [0.1, 0.15) is 11.3 Å². The van der Waals surface area contributed by atoms with E-state index in [0.29, 0.717) is 22.6 Å². The van der Waals surface area contributed by atoms with Crippen molar-refractivity contribution in [3.8, 4) is 11.4 Å². The van der Waals surface area contributed by atoms with E-state index in [-0.39, 0.29) is 5.52 Å². The Hall–Kier alpha value is -1.95. The van der Waals surface area contributed by atoms with Crippen LogP contribution in [0.25, 0.3) is 22.4 Å². The van der Waals surface area contributed by atoms with Gasteiger partial charge in [-0.2, -0.15) is 0 Å². The number of hydrogen-bond acceptors (Lipinski definition) is 2. The summed E-state index contributed by atoms with van der Waals surface area (Å²) in [5.41, 5.74) is 7.46. The summed E-state index contributed by atoms with van der Waals surface area (Å²) >= 11 is 3.29. The normalized spacial score (nSPS) is 11.1. The lowest BCUT2D eigenvalue weighted by Crippen LogP contribution is -1.88. The molecule has 0 aliphatic carbocycles. The molecule has 2 aromatic carbocycles. The molecule has 0 aliphatic heterocycles. The first-order valence-corrected chi connectivity index (χ1v) is 6.24. The van der Waals surface area contributed by atoms with E-state index in [0.717, 1.165) is 10.5 Å². The molecule has 3 aromatic rings. The summed E-state index contributed by atoms with van der Waals surface area (Å²) in [5, 5.41) is 0. The van der Waals surface area contributed by atoms with Gasteiger partial charge in [-0.15, -0.1) is 0 Å². The molecule has 3 nitrogen and oxygen atoms in total. The molecule has 1 aromatic heterocycles. The van der Waals surface area contributed by atoms with Gasteiger partial charge in [-0.25, -0.2) is 13.8 Å². The van der Waals surface area contributed by atoms with Crippen LogP contribution in [0, 0.1) is 11.6 Å². The number of benzene rings is 2. The Bertz CT molecular complexity index is 783. The van der Waals surface area contributed by atoms with Gasteiger partial charge in [-0.1, -0.05) is 0 Å². The zero-order valence-corrected chi connectivity index (χ0v) is 11.1. The van der Waals surface area contributed by atoms with Gasteiger partial charge in [-0.05, 0) is 46.3 Å². The molecule has 3 rings (SSSR count). The molecular weight excluding hydrogens is 316 g/mol. The molecule has 1 heterocycles. The van der Waals surface area contributed by atoms with Crippen molar-refractivity contribution in [3.05, 3.63) is 46.4 Å². The van der Waals surface area contributed by atoms with Gasteiger partial charge in [0, 0.05) is 15.7 Å². The van der Waals surface area contributed by atoms with Crippen molar-refractivity contribution in [3.63, 3.8) is 0 Å². The number of H-pyrrole nitrogens is 1. The van der Waals surface area contributed by atoms with Crippen LogP contribution >= 0.6 is 15.9 Å². The maximum atomic E-state index is 13.6. The van der Waals surface area contributed by atoms with E-state index in [1.54, 1.807) is 18.2 Å². The molecule has 3 N–H and O–H groups in total. The van der Waals surface area contributed by atoms with E-state index in [1.165, 1.54) is 6.07 Å². The van der Waals surface area contributed by atoms with Gasteiger partial charge in [0.25, 0.3) is 0 Å². The smallest absolute Gasteiger partial charge is 0.186 e. The second-order valence-corrected chi connectivity index (χ2v) is 4.93. The standard InChI is InChI=1S/C13H8BrF2N3/c14-7-2-1-6(5-9(7)17)13-18-10-4-3-8(15)11(16)12(10)19-13/h1-5H,17H2,(H,18,19). The number of aromatic amines is 1. The summed E-state index contributed by atoms with van der Waals surface area (Å²) in [5.74, 6) is -1.43. The van der Waals surface area contributed by atoms with E-state index in [9.17, 15) is 8.78 Å². The molecule has 0 unspecified atom stereocenters. The van der Waals surface area contributed by atoms with Crippen molar-refractivity contribution in [1.29, 1.82) is 0 Å². The average Bonchev–Trinajstić information content (AvgIpc) is 2.82. The van der Waals surface area contributed by atoms with Gasteiger partial charge < -0.3 is 10.7 Å². The van der Waals surface area contributed by atoms with Crippen LogP contribution < -0.4 is 5.73 Å². The fourth-order valence-electron chi connectivity index (χ4n) is 1.85. The number of imidazole rings is 1. The van der Waals surface area contributed by atoms with Crippen LogP contribution in [-0.4, -0.2) is 9.97 Å². The number of nitrogens with one attached hydrogen (secondary N) is 1. The van der Waals surface area contributed by atoms with Gasteiger partial charge in [0.2, 0.25) is 0 Å². The molecule has 0 saturated heterocycles. The summed E-state index contributed by atoms with van der Waals surface area (Å²) < 4.78 is 27.5. The molecule has 0 aliphatic rings. The first kappa shape index (κ1) is 12.1. The number of aromatic nitrogens is 2. The van der Waals surface area contributed by atoms with Crippen LogP contribution in [0.2, 0.25) is 0 Å². The number of nitrogens with two attached hydrogens (primary N) is 1. The first-order valence-electron chi connectivity index (χ1n) is 5.45. The molecular formula is C13H8BrF2N3. The van der Waals surface area contributed by atoms with Crippen LogP contribution in [0.15, 0.2) is 34.8 Å². The second kappa shape index (κ2) is 4.31. The molecule has 0 amide bonds. The Morgan fingerprint density at radius 1 is 1.16 bits per heavy atom. The SMILES string of the molecule is Nc1cc(-c2nc3c(F)c(F)ccc3[nH]2)ccc1Br. The van der Waals surface area contributed by atoms with E-state index in [2.05, 4.69) is 25.9 Å². The van der Waals surface area contributed by atoms with E-state index >= 15 is 0 Å². The zero-order valence-electron chi connectivity index (χ0n) is 9.55. The van der Waals surface area contributed by atoms with Crippen molar-refractivity contribution in [2.75, 3.05) is 5.73 Å². The summed E-state index contributed by atoms with van der Waals surface area (Å²) in [6.45, 7) is 0. The number of halogens is 3. The minimum Gasteiger partial charge on any atom is -0.398 e. The van der Waals surface area contributed by atoms with Crippen LogP contribution in [0.3, 0.4) is 0 Å². The Kier molecular flexibility index (Phi) is 2.74. The van der Waals surface area contributed by atoms with Crippen molar-refractivity contribution < 1.29 is 8.78 Å². The maximum absolute atomic E-state index is 13.6. The third-order valence-electron chi connectivity index (χ3n) is 2.82. The van der Waals surface area contributed by atoms with E-state index < -0.39 is 11.6 Å². The first-order chi connectivity index (χ1) is 9.06. The van der Waals surface area contributed by atoms with Crippen LogP contribution in [0.4, 0.5) is 14.5 Å². The van der Waals surface area contributed by atoms with E-state index in [1.807, 2.05) is 0 Å². The highest BCUT2D eigenvalue weighted by Gasteiger charge is 2.13. The van der Waals surface area contributed by atoms with Gasteiger partial charge in [-0.3, -0.25) is 0 Å². The zero-order chi connectivity index (χ0) is 13.6. The third-order valence-corrected chi connectivity index (χ3v) is 3.54. The summed E-state index contributed by atoms with van der Waals surface area (Å²) in [6.07, 6.45) is 0. The summed E-state index contributed by atoms with van der Waals surface area (Å²) in [7, 11) is 0. The number of nitrogens with zero attached hydrogens (tertiary/aromatic N) is 1. The largest absolute Gasteiger partial charge is 0.398 e. The Balaban J connectivity index is 2.20. The fourth-order valence-corrected chi connectivity index (χ4v) is 2.09. The molecule has 0 spiro atoms. The van der Waals surface area contributed by atoms with Crippen molar-refractivity contribution in [1.82, 2.24) is 9.97 Å². The van der Waals surface area contributed by atoms with Crippen LogP contribution in [-0.2, 0) is 0 Å². The Morgan fingerprint density at radius 2 is 1.95 bits per heavy atom. The van der Waals surface area contributed by atoms with Gasteiger partial charge in [0.05, 0.1) is 5.52 Å². The predicted octanol–water partition coefficient (Wildman–Crippen LogP) is 3.85. The predicted molar refractivity (Wildman–Crippen MR) is 73.6 cm³/mol. The summed E-state index contributed by atoms with van der Waals surface area (Å²) in [4.78, 5) is 7.01. The Morgan fingerprint density at radius 3 is 2.68 bits per heavy atom. The topological polar surface area (TPSA) is 54.7 Å². The van der Waals surface area contributed by atoms with Gasteiger partial charge in [0.15, 0.2) is 11.6 Å². The number of hydrogen-bond donors (Lipinski definition) is 2.